The number of ether oxygens (including phenoxy) is 1. The van der Waals surface area contributed by atoms with Gasteiger partial charge >= 0.3 is 0 Å². The summed E-state index contributed by atoms with van der Waals surface area (Å²) in [6.45, 7) is 2.06. The third-order valence-electron chi connectivity index (χ3n) is 4.27. The topological polar surface area (TPSA) is 101 Å². The van der Waals surface area contributed by atoms with Crippen LogP contribution in [0.2, 0.25) is 5.02 Å². The molecule has 0 bridgehead atoms. The highest BCUT2D eigenvalue weighted by Crippen LogP contribution is 2.25. The fraction of sp³-hybridized carbons (Fsp3) is 0.263. The highest BCUT2D eigenvalue weighted by atomic mass is 35.5. The third-order valence-corrected chi connectivity index (χ3v) is 4.50. The molecule has 2 aromatic carbocycles. The second kappa shape index (κ2) is 7.76. The second-order valence-corrected chi connectivity index (χ2v) is 6.62. The number of primary amides is 1. The molecule has 2 atom stereocenters. The minimum atomic E-state index is -0.652. The molecule has 0 unspecified atom stereocenters. The van der Waals surface area contributed by atoms with Crippen molar-refractivity contribution in [2.24, 2.45) is 5.73 Å². The largest absolute Gasteiger partial charge is 0.494 e. The monoisotopic (exact) mass is 373 g/mol. The zero-order valence-electron chi connectivity index (χ0n) is 14.3. The fourth-order valence-corrected chi connectivity index (χ4v) is 3.03. The Hall–Kier alpha value is -2.57. The van der Waals surface area contributed by atoms with Crippen molar-refractivity contribution in [3.63, 3.8) is 0 Å². The van der Waals surface area contributed by atoms with Crippen LogP contribution in [0.25, 0.3) is 10.8 Å². The number of nitrogens with two attached hydrogens (primary N) is 1. The minimum Gasteiger partial charge on any atom is -0.494 e. The van der Waals surface area contributed by atoms with Gasteiger partial charge < -0.3 is 20.6 Å². The highest BCUT2D eigenvalue weighted by molar-refractivity contribution is 6.31. The summed E-state index contributed by atoms with van der Waals surface area (Å²) in [5.74, 6) is 0.362. The van der Waals surface area contributed by atoms with Gasteiger partial charge in [-0.25, -0.2) is 4.98 Å². The number of hydrogen-bond donors (Lipinski definition) is 3. The molecule has 0 aliphatic rings. The lowest BCUT2D eigenvalue weighted by molar-refractivity contribution is 0.0995. The van der Waals surface area contributed by atoms with Crippen molar-refractivity contribution in [2.75, 3.05) is 6.61 Å². The van der Waals surface area contributed by atoms with E-state index in [0.717, 1.165) is 16.5 Å². The summed E-state index contributed by atoms with van der Waals surface area (Å²) in [5, 5.41) is 12.8. The summed E-state index contributed by atoms with van der Waals surface area (Å²) in [7, 11) is 0. The van der Waals surface area contributed by atoms with E-state index in [1.165, 1.54) is 6.20 Å². The van der Waals surface area contributed by atoms with Crippen LogP contribution in [0.5, 0.6) is 5.75 Å². The Kier molecular flexibility index (Phi) is 5.44. The fourth-order valence-electron chi connectivity index (χ4n) is 2.85. The normalized spacial score (nSPS) is 13.5. The standard InChI is InChI=1S/C19H20ClN3O3/c1-11(24)16(19-22-10-17(23-19)18(21)25)6-7-26-15-5-3-12-2-4-14(20)8-13(12)9-15/h2-5,8-11,16,24H,6-7H2,1H3,(H2,21,25)(H,22,23)/t11-,16-/m0/s1. The van der Waals surface area contributed by atoms with Crippen molar-refractivity contribution in [1.82, 2.24) is 9.97 Å². The summed E-state index contributed by atoms with van der Waals surface area (Å²) >= 11 is 6.03. The molecular weight excluding hydrogens is 354 g/mol. The molecule has 0 fully saturated rings. The van der Waals surface area contributed by atoms with E-state index in [-0.39, 0.29) is 11.6 Å². The van der Waals surface area contributed by atoms with E-state index in [9.17, 15) is 9.90 Å². The molecule has 0 spiro atoms. The highest BCUT2D eigenvalue weighted by Gasteiger charge is 2.21. The number of aromatic amines is 1. The van der Waals surface area contributed by atoms with Crippen LogP contribution < -0.4 is 10.5 Å². The third kappa shape index (κ3) is 4.15. The molecule has 0 aliphatic carbocycles. The first-order valence-electron chi connectivity index (χ1n) is 8.29. The van der Waals surface area contributed by atoms with E-state index in [4.69, 9.17) is 22.1 Å². The van der Waals surface area contributed by atoms with Crippen molar-refractivity contribution < 1.29 is 14.6 Å². The average molecular weight is 374 g/mol. The Morgan fingerprint density at radius 3 is 2.77 bits per heavy atom. The summed E-state index contributed by atoms with van der Waals surface area (Å²) in [4.78, 5) is 18.2. The molecule has 1 aromatic heterocycles. The molecule has 7 heteroatoms. The van der Waals surface area contributed by atoms with Crippen LogP contribution in [-0.2, 0) is 0 Å². The molecule has 3 rings (SSSR count). The van der Waals surface area contributed by atoms with E-state index >= 15 is 0 Å². The van der Waals surface area contributed by atoms with Gasteiger partial charge in [-0.15, -0.1) is 0 Å². The molecular formula is C19H20ClN3O3. The van der Waals surface area contributed by atoms with Crippen LogP contribution in [-0.4, -0.2) is 33.7 Å². The molecule has 4 N–H and O–H groups in total. The van der Waals surface area contributed by atoms with Gasteiger partial charge in [0.1, 0.15) is 17.3 Å². The summed E-state index contributed by atoms with van der Waals surface area (Å²) in [5.41, 5.74) is 5.45. The zero-order chi connectivity index (χ0) is 18.7. The number of halogens is 1. The number of nitrogens with one attached hydrogen (secondary N) is 1. The first kappa shape index (κ1) is 18.2. The molecule has 0 aliphatic heterocycles. The average Bonchev–Trinajstić information content (AvgIpc) is 3.08. The number of amides is 1. The Labute approximate surface area is 156 Å². The minimum absolute atomic E-state index is 0.220. The number of aromatic nitrogens is 2. The van der Waals surface area contributed by atoms with E-state index in [1.807, 2.05) is 36.4 Å². The smallest absolute Gasteiger partial charge is 0.266 e. The van der Waals surface area contributed by atoms with Crippen molar-refractivity contribution in [1.29, 1.82) is 0 Å². The maximum atomic E-state index is 11.2. The number of nitrogens with zero attached hydrogens (tertiary/aromatic N) is 1. The Balaban J connectivity index is 1.67. The number of fused-ring (bicyclic) bond motifs is 1. The number of aliphatic hydroxyl groups is 1. The molecule has 0 radical (unpaired) electrons. The van der Waals surface area contributed by atoms with Crippen LogP contribution in [0.1, 0.15) is 35.6 Å². The molecule has 0 saturated carbocycles. The van der Waals surface area contributed by atoms with Gasteiger partial charge in [-0.3, -0.25) is 4.79 Å². The van der Waals surface area contributed by atoms with Gasteiger partial charge in [0.05, 0.1) is 18.9 Å². The Morgan fingerprint density at radius 2 is 2.08 bits per heavy atom. The first-order chi connectivity index (χ1) is 12.4. The molecule has 26 heavy (non-hydrogen) atoms. The van der Waals surface area contributed by atoms with Crippen molar-refractivity contribution in [2.45, 2.75) is 25.4 Å². The van der Waals surface area contributed by atoms with Gasteiger partial charge in [0.25, 0.3) is 5.91 Å². The maximum Gasteiger partial charge on any atom is 0.266 e. The lowest BCUT2D eigenvalue weighted by atomic mass is 9.99. The lowest BCUT2D eigenvalue weighted by Crippen LogP contribution is -2.19. The van der Waals surface area contributed by atoms with Gasteiger partial charge in [-0.1, -0.05) is 23.7 Å². The van der Waals surface area contributed by atoms with Crippen LogP contribution in [0.3, 0.4) is 0 Å². The quantitative estimate of drug-likeness (QED) is 0.591. The summed E-state index contributed by atoms with van der Waals surface area (Å²) in [6.07, 6.45) is 1.25. The summed E-state index contributed by atoms with van der Waals surface area (Å²) < 4.78 is 5.82. The van der Waals surface area contributed by atoms with Gasteiger partial charge in [-0.05, 0) is 48.4 Å². The number of benzene rings is 2. The Bertz CT molecular complexity index is 923. The number of aliphatic hydroxyl groups excluding tert-OH is 1. The number of H-pyrrole nitrogens is 1. The molecule has 3 aromatic rings. The molecule has 6 nitrogen and oxygen atoms in total. The molecule has 1 amide bonds. The number of rotatable bonds is 7. The van der Waals surface area contributed by atoms with Crippen LogP contribution in [0.4, 0.5) is 0 Å². The Morgan fingerprint density at radius 1 is 1.31 bits per heavy atom. The van der Waals surface area contributed by atoms with E-state index in [0.29, 0.717) is 23.9 Å². The second-order valence-electron chi connectivity index (χ2n) is 6.18. The molecule has 136 valence electrons. The van der Waals surface area contributed by atoms with Crippen molar-refractivity contribution >= 4 is 28.3 Å². The van der Waals surface area contributed by atoms with Gasteiger partial charge in [0.2, 0.25) is 0 Å². The SMILES string of the molecule is C[C@H](O)[C@H](CCOc1ccc2ccc(Cl)cc2c1)c1ncc(C(N)=O)[nH]1. The van der Waals surface area contributed by atoms with Gasteiger partial charge in [-0.2, -0.15) is 0 Å². The number of carbonyl (C=O) groups is 1. The van der Waals surface area contributed by atoms with Crippen LogP contribution >= 0.6 is 11.6 Å². The maximum absolute atomic E-state index is 11.2. The van der Waals surface area contributed by atoms with Crippen LogP contribution in [0, 0.1) is 0 Å². The predicted octanol–water partition coefficient (Wildman–Crippen LogP) is 3.25. The van der Waals surface area contributed by atoms with Gasteiger partial charge in [0, 0.05) is 10.9 Å². The van der Waals surface area contributed by atoms with E-state index < -0.39 is 12.0 Å². The lowest BCUT2D eigenvalue weighted by Gasteiger charge is -2.18. The number of hydrogen-bond acceptors (Lipinski definition) is 4. The van der Waals surface area contributed by atoms with E-state index in [1.54, 1.807) is 6.92 Å². The molecule has 0 saturated heterocycles. The summed E-state index contributed by atoms with van der Waals surface area (Å²) in [6, 6.07) is 11.5. The van der Waals surface area contributed by atoms with E-state index in [2.05, 4.69) is 9.97 Å². The van der Waals surface area contributed by atoms with Crippen molar-refractivity contribution in [3.8, 4) is 5.75 Å². The number of imidazole rings is 1. The first-order valence-corrected chi connectivity index (χ1v) is 8.66. The van der Waals surface area contributed by atoms with Crippen LogP contribution in [0.15, 0.2) is 42.6 Å². The van der Waals surface area contributed by atoms with Gasteiger partial charge in [0.15, 0.2) is 0 Å². The van der Waals surface area contributed by atoms with Crippen molar-refractivity contribution in [3.05, 3.63) is 59.1 Å². The molecule has 1 heterocycles. The number of carbonyl (C=O) groups excluding carboxylic acids is 1. The predicted molar refractivity (Wildman–Crippen MR) is 101 cm³/mol. The zero-order valence-corrected chi connectivity index (χ0v) is 15.0.